The van der Waals surface area contributed by atoms with E-state index in [0.29, 0.717) is 35.3 Å². The number of amides is 1. The summed E-state index contributed by atoms with van der Waals surface area (Å²) in [6.07, 6.45) is 3.02. The molecule has 0 bridgehead atoms. The van der Waals surface area contributed by atoms with Gasteiger partial charge in [0.15, 0.2) is 11.5 Å². The summed E-state index contributed by atoms with van der Waals surface area (Å²) < 4.78 is 38.5. The molecule has 0 saturated heterocycles. The molecule has 9 nitrogen and oxygen atoms in total. The lowest BCUT2D eigenvalue weighted by Gasteiger charge is -2.10. The molecule has 0 saturated carbocycles. The van der Waals surface area contributed by atoms with Gasteiger partial charge in [0.2, 0.25) is 5.91 Å². The summed E-state index contributed by atoms with van der Waals surface area (Å²) in [5, 5.41) is 2.70. The Kier molecular flexibility index (Phi) is 9.61. The van der Waals surface area contributed by atoms with E-state index in [1.165, 1.54) is 30.3 Å². The van der Waals surface area contributed by atoms with E-state index < -0.39 is 10.0 Å². The van der Waals surface area contributed by atoms with Gasteiger partial charge in [-0.05, 0) is 68.8 Å². The SMILES string of the molecule is CCOc1ccc(C=CC(=O)Nc2ccc(S(=O)(=O)Nc3cc(C)nc(C)n3)cc2)cc1OC.Cl. The van der Waals surface area contributed by atoms with Crippen LogP contribution in [0, 0.1) is 13.8 Å². The van der Waals surface area contributed by atoms with Crippen molar-refractivity contribution in [2.24, 2.45) is 0 Å². The second-order valence-electron chi connectivity index (χ2n) is 7.24. The van der Waals surface area contributed by atoms with Gasteiger partial charge in [-0.3, -0.25) is 9.52 Å². The lowest BCUT2D eigenvalue weighted by Crippen LogP contribution is -2.15. The first-order valence-electron chi connectivity index (χ1n) is 10.4. The number of hydrogen-bond donors (Lipinski definition) is 2. The van der Waals surface area contributed by atoms with E-state index >= 15 is 0 Å². The maximum Gasteiger partial charge on any atom is 0.263 e. The molecular weight excluding hydrogens is 492 g/mol. The summed E-state index contributed by atoms with van der Waals surface area (Å²) in [5.41, 5.74) is 1.87. The van der Waals surface area contributed by atoms with Gasteiger partial charge in [-0.2, -0.15) is 0 Å². The monoisotopic (exact) mass is 518 g/mol. The quantitative estimate of drug-likeness (QED) is 0.403. The van der Waals surface area contributed by atoms with Crippen LogP contribution in [-0.4, -0.2) is 38.0 Å². The molecule has 3 aromatic rings. The van der Waals surface area contributed by atoms with E-state index in [1.807, 2.05) is 13.0 Å². The van der Waals surface area contributed by atoms with Crippen LogP contribution in [0.15, 0.2) is 59.5 Å². The molecule has 2 N–H and O–H groups in total. The van der Waals surface area contributed by atoms with Crippen LogP contribution < -0.4 is 19.5 Å². The highest BCUT2D eigenvalue weighted by Crippen LogP contribution is 2.28. The summed E-state index contributed by atoms with van der Waals surface area (Å²) in [5.74, 6) is 1.49. The number of nitrogens with zero attached hydrogens (tertiary/aromatic N) is 2. The van der Waals surface area contributed by atoms with E-state index in [2.05, 4.69) is 20.0 Å². The first-order chi connectivity index (χ1) is 16.2. The fraction of sp³-hybridized carbons (Fsp3) is 0.208. The molecule has 186 valence electrons. The van der Waals surface area contributed by atoms with Gasteiger partial charge in [-0.15, -0.1) is 12.4 Å². The highest BCUT2D eigenvalue weighted by molar-refractivity contribution is 7.92. The van der Waals surface area contributed by atoms with Crippen LogP contribution in [-0.2, 0) is 14.8 Å². The Balaban J connectivity index is 0.00000432. The highest BCUT2D eigenvalue weighted by Gasteiger charge is 2.15. The minimum Gasteiger partial charge on any atom is -0.493 e. The van der Waals surface area contributed by atoms with E-state index in [-0.39, 0.29) is 29.0 Å². The van der Waals surface area contributed by atoms with Crippen LogP contribution in [0.2, 0.25) is 0 Å². The average Bonchev–Trinajstić information content (AvgIpc) is 2.78. The summed E-state index contributed by atoms with van der Waals surface area (Å²) in [6, 6.07) is 12.7. The van der Waals surface area contributed by atoms with Crippen molar-refractivity contribution in [3.8, 4) is 11.5 Å². The van der Waals surface area contributed by atoms with Crippen molar-refractivity contribution in [2.75, 3.05) is 23.8 Å². The fourth-order valence-electron chi connectivity index (χ4n) is 3.10. The third kappa shape index (κ3) is 7.69. The maximum absolute atomic E-state index is 12.6. The van der Waals surface area contributed by atoms with Gasteiger partial charge in [0.05, 0.1) is 18.6 Å². The first-order valence-corrected chi connectivity index (χ1v) is 11.9. The number of aromatic nitrogens is 2. The van der Waals surface area contributed by atoms with Crippen LogP contribution in [0.3, 0.4) is 0 Å². The number of nitrogens with one attached hydrogen (secondary N) is 2. The Morgan fingerprint density at radius 3 is 2.37 bits per heavy atom. The highest BCUT2D eigenvalue weighted by atomic mass is 35.5. The Labute approximate surface area is 211 Å². The van der Waals surface area contributed by atoms with E-state index in [0.717, 1.165) is 5.56 Å². The number of carbonyl (C=O) groups is 1. The molecular formula is C24H27ClN4O5S. The second-order valence-corrected chi connectivity index (χ2v) is 8.92. The number of benzene rings is 2. The van der Waals surface area contributed by atoms with Gasteiger partial charge in [0.25, 0.3) is 10.0 Å². The minimum atomic E-state index is -3.84. The molecule has 0 radical (unpaired) electrons. The van der Waals surface area contributed by atoms with Crippen LogP contribution in [0.5, 0.6) is 11.5 Å². The predicted molar refractivity (Wildman–Crippen MR) is 138 cm³/mol. The fourth-order valence-corrected chi connectivity index (χ4v) is 4.09. The number of hydrogen-bond acceptors (Lipinski definition) is 7. The van der Waals surface area contributed by atoms with Crippen molar-refractivity contribution in [2.45, 2.75) is 25.7 Å². The van der Waals surface area contributed by atoms with E-state index in [4.69, 9.17) is 9.47 Å². The molecule has 0 aliphatic rings. The molecule has 0 spiro atoms. The first kappa shape index (κ1) is 27.6. The summed E-state index contributed by atoms with van der Waals surface area (Å²) >= 11 is 0. The van der Waals surface area contributed by atoms with Crippen LogP contribution in [0.4, 0.5) is 11.5 Å². The standard InChI is InChI=1S/C24H26N4O5S.ClH/c1-5-33-21-12-6-18(15-22(21)32-4)7-13-24(29)27-19-8-10-20(11-9-19)34(30,31)28-23-14-16(2)25-17(3)26-23;/h6-15H,5H2,1-4H3,(H,27,29)(H,25,26,28);1H. The Bertz CT molecular complexity index is 1290. The molecule has 0 aliphatic carbocycles. The van der Waals surface area contributed by atoms with Gasteiger partial charge < -0.3 is 14.8 Å². The average molecular weight is 519 g/mol. The maximum atomic E-state index is 12.6. The van der Waals surface area contributed by atoms with Gasteiger partial charge in [0.1, 0.15) is 11.6 Å². The van der Waals surface area contributed by atoms with Gasteiger partial charge in [-0.1, -0.05) is 6.07 Å². The third-order valence-electron chi connectivity index (χ3n) is 4.55. The summed E-state index contributed by atoms with van der Waals surface area (Å²) in [4.78, 5) is 20.6. The predicted octanol–water partition coefficient (Wildman–Crippen LogP) is 4.38. The van der Waals surface area contributed by atoms with E-state index in [9.17, 15) is 13.2 Å². The zero-order valence-corrected chi connectivity index (χ0v) is 21.4. The number of rotatable bonds is 9. The van der Waals surface area contributed by atoms with Gasteiger partial charge in [-0.25, -0.2) is 18.4 Å². The van der Waals surface area contributed by atoms with Crippen molar-refractivity contribution in [3.05, 3.63) is 71.7 Å². The number of ether oxygens (including phenoxy) is 2. The normalized spacial score (nSPS) is 11.0. The minimum absolute atomic E-state index is 0. The smallest absolute Gasteiger partial charge is 0.263 e. The summed E-state index contributed by atoms with van der Waals surface area (Å²) in [6.45, 7) is 5.84. The number of halogens is 1. The molecule has 35 heavy (non-hydrogen) atoms. The molecule has 1 aromatic heterocycles. The molecule has 0 atom stereocenters. The van der Waals surface area contributed by atoms with Gasteiger partial charge in [0, 0.05) is 23.5 Å². The van der Waals surface area contributed by atoms with Crippen LogP contribution in [0.1, 0.15) is 24.0 Å². The van der Waals surface area contributed by atoms with Gasteiger partial charge >= 0.3 is 0 Å². The van der Waals surface area contributed by atoms with Crippen LogP contribution >= 0.6 is 12.4 Å². The molecule has 1 heterocycles. The van der Waals surface area contributed by atoms with E-state index in [1.54, 1.807) is 45.2 Å². The lowest BCUT2D eigenvalue weighted by atomic mass is 10.2. The zero-order chi connectivity index (χ0) is 24.7. The molecule has 0 unspecified atom stereocenters. The number of aryl methyl sites for hydroxylation is 2. The molecule has 1 amide bonds. The van der Waals surface area contributed by atoms with Crippen molar-refractivity contribution in [1.29, 1.82) is 0 Å². The third-order valence-corrected chi connectivity index (χ3v) is 5.92. The zero-order valence-electron chi connectivity index (χ0n) is 19.7. The van der Waals surface area contributed by atoms with Crippen molar-refractivity contribution in [1.82, 2.24) is 9.97 Å². The molecule has 11 heteroatoms. The number of anilines is 2. The Morgan fingerprint density at radius 1 is 1.03 bits per heavy atom. The molecule has 0 fully saturated rings. The van der Waals surface area contributed by atoms with Crippen molar-refractivity contribution in [3.63, 3.8) is 0 Å². The Hall–Kier alpha value is -3.63. The number of methoxy groups -OCH3 is 1. The molecule has 0 aliphatic heterocycles. The summed E-state index contributed by atoms with van der Waals surface area (Å²) in [7, 11) is -2.29. The molecule has 3 rings (SSSR count). The number of carbonyl (C=O) groups excluding carboxylic acids is 1. The lowest BCUT2D eigenvalue weighted by molar-refractivity contribution is -0.111. The largest absolute Gasteiger partial charge is 0.493 e. The molecule has 2 aromatic carbocycles. The topological polar surface area (TPSA) is 120 Å². The number of sulfonamides is 1. The second kappa shape index (κ2) is 12.2. The van der Waals surface area contributed by atoms with Crippen LogP contribution in [0.25, 0.3) is 6.08 Å². The van der Waals surface area contributed by atoms with Crippen molar-refractivity contribution >= 4 is 45.9 Å². The van der Waals surface area contributed by atoms with Crippen molar-refractivity contribution < 1.29 is 22.7 Å². The Morgan fingerprint density at radius 2 is 1.74 bits per heavy atom.